The van der Waals surface area contributed by atoms with Crippen LogP contribution >= 0.6 is 0 Å². The number of carboxylic acids is 1. The van der Waals surface area contributed by atoms with Gasteiger partial charge in [-0.3, -0.25) is 0 Å². The van der Waals surface area contributed by atoms with Gasteiger partial charge in [0.1, 0.15) is 0 Å². The van der Waals surface area contributed by atoms with Crippen LogP contribution < -0.4 is 10.6 Å². The zero-order valence-electron chi connectivity index (χ0n) is 10.0. The van der Waals surface area contributed by atoms with E-state index in [-0.39, 0.29) is 0 Å². The van der Waals surface area contributed by atoms with Crippen molar-refractivity contribution in [2.75, 3.05) is 17.2 Å². The van der Waals surface area contributed by atoms with E-state index in [1.165, 1.54) is 6.42 Å². The second kappa shape index (κ2) is 4.65. The van der Waals surface area contributed by atoms with Crippen LogP contribution in [-0.4, -0.2) is 23.7 Å². The van der Waals surface area contributed by atoms with Crippen LogP contribution in [0.4, 0.5) is 11.4 Å². The number of carbonyl (C=O) groups is 1. The number of nitrogens with two attached hydrogens (primary N) is 1. The Balaban J connectivity index is 2.39. The fraction of sp³-hybridized carbons (Fsp3) is 0.462. The van der Waals surface area contributed by atoms with Crippen LogP contribution in [0.5, 0.6) is 0 Å². The van der Waals surface area contributed by atoms with E-state index in [2.05, 4.69) is 11.8 Å². The van der Waals surface area contributed by atoms with Gasteiger partial charge in [-0.05, 0) is 44.4 Å². The largest absolute Gasteiger partial charge is 0.478 e. The van der Waals surface area contributed by atoms with Gasteiger partial charge in [-0.15, -0.1) is 0 Å². The topological polar surface area (TPSA) is 66.6 Å². The van der Waals surface area contributed by atoms with E-state index in [0.717, 1.165) is 25.1 Å². The molecular formula is C13H18N2O2. The van der Waals surface area contributed by atoms with E-state index in [9.17, 15) is 9.90 Å². The summed E-state index contributed by atoms with van der Waals surface area (Å²) >= 11 is 0. The fourth-order valence-corrected chi connectivity index (χ4v) is 2.43. The molecule has 17 heavy (non-hydrogen) atoms. The SMILES string of the molecule is C[C@H]1CCCCN1c1ccc(N)cc1C(=O)O. The molecule has 0 aromatic heterocycles. The first kappa shape index (κ1) is 11.8. The van der Waals surface area contributed by atoms with E-state index < -0.39 is 5.97 Å². The highest BCUT2D eigenvalue weighted by Gasteiger charge is 2.23. The van der Waals surface area contributed by atoms with E-state index in [1.807, 2.05) is 6.07 Å². The first-order chi connectivity index (χ1) is 8.09. The lowest BCUT2D eigenvalue weighted by molar-refractivity contribution is 0.0697. The predicted octanol–water partition coefficient (Wildman–Crippen LogP) is 2.35. The van der Waals surface area contributed by atoms with Gasteiger partial charge in [-0.25, -0.2) is 4.79 Å². The Labute approximate surface area is 101 Å². The molecule has 0 unspecified atom stereocenters. The van der Waals surface area contributed by atoms with Crippen LogP contribution in [0.15, 0.2) is 18.2 Å². The minimum Gasteiger partial charge on any atom is -0.478 e. The van der Waals surface area contributed by atoms with Crippen molar-refractivity contribution in [3.05, 3.63) is 23.8 Å². The highest BCUT2D eigenvalue weighted by atomic mass is 16.4. The molecule has 1 aromatic carbocycles. The quantitative estimate of drug-likeness (QED) is 0.771. The third-order valence-corrected chi connectivity index (χ3v) is 3.36. The third kappa shape index (κ3) is 2.35. The van der Waals surface area contributed by atoms with Gasteiger partial charge in [0.2, 0.25) is 0 Å². The van der Waals surface area contributed by atoms with Crippen molar-refractivity contribution in [1.29, 1.82) is 0 Å². The van der Waals surface area contributed by atoms with Crippen molar-refractivity contribution in [2.24, 2.45) is 0 Å². The van der Waals surface area contributed by atoms with Crippen LogP contribution in [0.25, 0.3) is 0 Å². The molecule has 1 fully saturated rings. The number of anilines is 2. The first-order valence-electron chi connectivity index (χ1n) is 5.99. The number of rotatable bonds is 2. The number of benzene rings is 1. The van der Waals surface area contributed by atoms with Crippen molar-refractivity contribution in [3.63, 3.8) is 0 Å². The van der Waals surface area contributed by atoms with Crippen molar-refractivity contribution >= 4 is 17.3 Å². The summed E-state index contributed by atoms with van der Waals surface area (Å²) in [6, 6.07) is 5.52. The van der Waals surface area contributed by atoms with Gasteiger partial charge in [-0.1, -0.05) is 0 Å². The lowest BCUT2D eigenvalue weighted by Gasteiger charge is -2.36. The number of piperidine rings is 1. The minimum absolute atomic E-state index is 0.304. The maximum absolute atomic E-state index is 11.2. The average molecular weight is 234 g/mol. The Morgan fingerprint density at radius 1 is 1.47 bits per heavy atom. The van der Waals surface area contributed by atoms with Gasteiger partial charge in [0.25, 0.3) is 0 Å². The lowest BCUT2D eigenvalue weighted by atomic mass is 10.0. The van der Waals surface area contributed by atoms with Crippen LogP contribution in [0.3, 0.4) is 0 Å². The van der Waals surface area contributed by atoms with Gasteiger partial charge >= 0.3 is 5.97 Å². The summed E-state index contributed by atoms with van der Waals surface area (Å²) in [6.45, 7) is 3.06. The molecule has 4 nitrogen and oxygen atoms in total. The average Bonchev–Trinajstić information content (AvgIpc) is 2.30. The molecule has 1 heterocycles. The molecule has 1 aliphatic heterocycles. The third-order valence-electron chi connectivity index (χ3n) is 3.36. The van der Waals surface area contributed by atoms with Gasteiger partial charge < -0.3 is 15.7 Å². The lowest BCUT2D eigenvalue weighted by Crippen LogP contribution is -2.38. The summed E-state index contributed by atoms with van der Waals surface area (Å²) in [5.74, 6) is -0.912. The van der Waals surface area contributed by atoms with E-state index >= 15 is 0 Å². The molecule has 3 N–H and O–H groups in total. The van der Waals surface area contributed by atoms with Crippen LogP contribution in [0.2, 0.25) is 0 Å². The summed E-state index contributed by atoms with van der Waals surface area (Å²) in [5, 5.41) is 9.22. The number of hydrogen-bond acceptors (Lipinski definition) is 3. The molecule has 0 radical (unpaired) electrons. The van der Waals surface area contributed by atoms with E-state index in [1.54, 1.807) is 12.1 Å². The zero-order chi connectivity index (χ0) is 12.4. The molecule has 2 rings (SSSR count). The second-order valence-corrected chi connectivity index (χ2v) is 4.62. The van der Waals surface area contributed by atoms with Gasteiger partial charge in [0, 0.05) is 18.3 Å². The predicted molar refractivity (Wildman–Crippen MR) is 68.5 cm³/mol. The Morgan fingerprint density at radius 2 is 2.24 bits per heavy atom. The molecule has 0 saturated carbocycles. The van der Waals surface area contributed by atoms with Crippen molar-refractivity contribution in [1.82, 2.24) is 0 Å². The van der Waals surface area contributed by atoms with Gasteiger partial charge in [0.05, 0.1) is 11.3 Å². The molecular weight excluding hydrogens is 216 g/mol. The molecule has 1 aliphatic rings. The minimum atomic E-state index is -0.912. The molecule has 1 saturated heterocycles. The van der Waals surface area contributed by atoms with Crippen LogP contribution in [0.1, 0.15) is 36.5 Å². The molecule has 4 heteroatoms. The molecule has 0 amide bonds. The highest BCUT2D eigenvalue weighted by Crippen LogP contribution is 2.29. The molecule has 1 aromatic rings. The molecule has 0 bridgehead atoms. The van der Waals surface area contributed by atoms with E-state index in [4.69, 9.17) is 5.73 Å². The Hall–Kier alpha value is -1.71. The maximum atomic E-state index is 11.2. The highest BCUT2D eigenvalue weighted by molar-refractivity contribution is 5.95. The van der Waals surface area contributed by atoms with Crippen molar-refractivity contribution in [3.8, 4) is 0 Å². The smallest absolute Gasteiger partial charge is 0.337 e. The van der Waals surface area contributed by atoms with Gasteiger partial charge in [-0.2, -0.15) is 0 Å². The number of hydrogen-bond donors (Lipinski definition) is 2. The Bertz CT molecular complexity index is 431. The molecule has 0 spiro atoms. The van der Waals surface area contributed by atoms with Crippen LogP contribution in [-0.2, 0) is 0 Å². The maximum Gasteiger partial charge on any atom is 0.337 e. The number of nitrogens with zero attached hydrogens (tertiary/aromatic N) is 1. The molecule has 0 aliphatic carbocycles. The van der Waals surface area contributed by atoms with Crippen molar-refractivity contribution < 1.29 is 9.90 Å². The first-order valence-corrected chi connectivity index (χ1v) is 5.99. The summed E-state index contributed by atoms with van der Waals surface area (Å²) in [6.07, 6.45) is 3.45. The fourth-order valence-electron chi connectivity index (χ4n) is 2.43. The number of carboxylic acid groups (broad SMARTS) is 1. The normalized spacial score (nSPS) is 20.3. The summed E-state index contributed by atoms with van der Waals surface area (Å²) in [4.78, 5) is 13.4. The van der Waals surface area contributed by atoms with Crippen LogP contribution in [0, 0.1) is 0 Å². The van der Waals surface area contributed by atoms with E-state index in [0.29, 0.717) is 17.3 Å². The summed E-state index contributed by atoms with van der Waals surface area (Å²) < 4.78 is 0. The Morgan fingerprint density at radius 3 is 2.88 bits per heavy atom. The number of aromatic carboxylic acids is 1. The second-order valence-electron chi connectivity index (χ2n) is 4.62. The summed E-state index contributed by atoms with van der Waals surface area (Å²) in [5.41, 5.74) is 7.24. The Kier molecular flexibility index (Phi) is 3.22. The molecule has 92 valence electrons. The van der Waals surface area contributed by atoms with Gasteiger partial charge in [0.15, 0.2) is 0 Å². The standard InChI is InChI=1S/C13H18N2O2/c1-9-4-2-3-7-15(9)12-6-5-10(14)8-11(12)13(16)17/h5-6,8-9H,2-4,7,14H2,1H3,(H,16,17)/t9-/m0/s1. The summed E-state index contributed by atoms with van der Waals surface area (Å²) in [7, 11) is 0. The zero-order valence-corrected chi connectivity index (χ0v) is 10.0. The molecule has 1 atom stereocenters. The number of nitrogen functional groups attached to an aromatic ring is 1. The monoisotopic (exact) mass is 234 g/mol. The van der Waals surface area contributed by atoms with Crippen molar-refractivity contribution in [2.45, 2.75) is 32.2 Å².